The Labute approximate surface area is 227 Å². The molecule has 1 saturated heterocycles. The summed E-state index contributed by atoms with van der Waals surface area (Å²) in [5, 5.41) is 7.03. The number of thiocarbonyl (C=S) groups is 1. The molecule has 0 aliphatic carbocycles. The Balaban J connectivity index is 1.46. The maximum absolute atomic E-state index is 13.6. The fraction of sp³-hybridized carbons (Fsp3) is 0.233. The lowest BCUT2D eigenvalue weighted by Crippen LogP contribution is -2.32. The van der Waals surface area contributed by atoms with Gasteiger partial charge in [0.25, 0.3) is 0 Å². The second-order valence-corrected chi connectivity index (χ2v) is 10.0. The quantitative estimate of drug-likeness (QED) is 0.292. The summed E-state index contributed by atoms with van der Waals surface area (Å²) in [7, 11) is 0. The van der Waals surface area contributed by atoms with E-state index in [1.54, 1.807) is 18.3 Å². The van der Waals surface area contributed by atoms with Gasteiger partial charge in [-0.1, -0.05) is 18.2 Å². The number of halogens is 1. The number of rotatable bonds is 7. The minimum absolute atomic E-state index is 0.0739. The van der Waals surface area contributed by atoms with Gasteiger partial charge in [0.15, 0.2) is 5.11 Å². The molecule has 38 heavy (non-hydrogen) atoms. The van der Waals surface area contributed by atoms with Crippen LogP contribution in [0.1, 0.15) is 46.7 Å². The highest BCUT2D eigenvalue weighted by Crippen LogP contribution is 2.41. The van der Waals surface area contributed by atoms with Gasteiger partial charge in [0.1, 0.15) is 5.82 Å². The van der Waals surface area contributed by atoms with Gasteiger partial charge >= 0.3 is 0 Å². The van der Waals surface area contributed by atoms with Crippen molar-refractivity contribution in [2.45, 2.75) is 39.3 Å². The molecular formula is C30H30FN5OS. The van der Waals surface area contributed by atoms with E-state index in [1.807, 2.05) is 56.3 Å². The third kappa shape index (κ3) is 5.17. The molecule has 3 heterocycles. The number of pyridine rings is 1. The van der Waals surface area contributed by atoms with Crippen molar-refractivity contribution in [3.8, 4) is 5.69 Å². The van der Waals surface area contributed by atoms with Gasteiger partial charge in [-0.15, -0.1) is 0 Å². The molecule has 1 aliphatic rings. The molecule has 6 nitrogen and oxygen atoms in total. The summed E-state index contributed by atoms with van der Waals surface area (Å²) in [5.41, 5.74) is 6.76. The molecule has 0 bridgehead atoms. The molecular weight excluding hydrogens is 497 g/mol. The predicted molar refractivity (Wildman–Crippen MR) is 152 cm³/mol. The number of aromatic nitrogens is 2. The minimum atomic E-state index is -0.271. The number of carbonyl (C=O) groups excluding carboxylic acids is 1. The molecule has 0 radical (unpaired) electrons. The summed E-state index contributed by atoms with van der Waals surface area (Å²) in [6, 6.07) is 21.9. The molecule has 0 saturated carbocycles. The standard InChI is InChI=1S/C30H30FN5OS/c1-19-7-6-8-23(17-19)33-27(37)14-16-35-29(28(34-30(35)38)26-9-4-5-15-32-26)25-18-20(2)36(21(25)3)24-12-10-22(31)11-13-24/h4-13,15,17-18,28-29H,14,16H2,1-3H3,(H,33,37)(H,34,38)/t28-,29-/m1/s1. The molecule has 2 aromatic heterocycles. The summed E-state index contributed by atoms with van der Waals surface area (Å²) in [4.78, 5) is 19.6. The van der Waals surface area contributed by atoms with E-state index in [0.717, 1.165) is 39.6 Å². The van der Waals surface area contributed by atoms with Crippen LogP contribution in [0.25, 0.3) is 5.69 Å². The van der Waals surface area contributed by atoms with Crippen LogP contribution in [-0.4, -0.2) is 32.0 Å². The molecule has 0 spiro atoms. The lowest BCUT2D eigenvalue weighted by Gasteiger charge is -2.28. The molecule has 4 aromatic rings. The van der Waals surface area contributed by atoms with Gasteiger partial charge in [-0.25, -0.2) is 4.39 Å². The van der Waals surface area contributed by atoms with E-state index in [4.69, 9.17) is 12.2 Å². The van der Waals surface area contributed by atoms with Gasteiger partial charge in [-0.3, -0.25) is 9.78 Å². The van der Waals surface area contributed by atoms with Crippen LogP contribution in [0.3, 0.4) is 0 Å². The van der Waals surface area contributed by atoms with Crippen LogP contribution in [0.15, 0.2) is 79.0 Å². The maximum atomic E-state index is 13.6. The Kier molecular flexibility index (Phi) is 7.24. The van der Waals surface area contributed by atoms with Crippen molar-refractivity contribution >= 4 is 28.9 Å². The summed E-state index contributed by atoms with van der Waals surface area (Å²) in [6.07, 6.45) is 2.05. The van der Waals surface area contributed by atoms with Crippen LogP contribution in [0, 0.1) is 26.6 Å². The van der Waals surface area contributed by atoms with Crippen molar-refractivity contribution in [2.75, 3.05) is 11.9 Å². The van der Waals surface area contributed by atoms with Crippen LogP contribution in [0.5, 0.6) is 0 Å². The molecule has 5 rings (SSSR count). The Bertz CT molecular complexity index is 1470. The normalized spacial score (nSPS) is 16.9. The number of nitrogens with one attached hydrogen (secondary N) is 2. The van der Waals surface area contributed by atoms with E-state index in [2.05, 4.69) is 38.1 Å². The first-order valence-corrected chi connectivity index (χ1v) is 13.0. The van der Waals surface area contributed by atoms with E-state index < -0.39 is 0 Å². The predicted octanol–water partition coefficient (Wildman–Crippen LogP) is 5.94. The fourth-order valence-corrected chi connectivity index (χ4v) is 5.56. The third-order valence-corrected chi connectivity index (χ3v) is 7.31. The van der Waals surface area contributed by atoms with E-state index in [1.165, 1.54) is 12.1 Å². The van der Waals surface area contributed by atoms with Crippen molar-refractivity contribution in [2.24, 2.45) is 0 Å². The molecule has 0 unspecified atom stereocenters. The van der Waals surface area contributed by atoms with Gasteiger partial charge in [0, 0.05) is 41.9 Å². The first-order chi connectivity index (χ1) is 18.3. The fourth-order valence-electron chi connectivity index (χ4n) is 5.23. The first kappa shape index (κ1) is 25.6. The Morgan fingerprint density at radius 2 is 1.84 bits per heavy atom. The van der Waals surface area contributed by atoms with Crippen molar-refractivity contribution in [3.63, 3.8) is 0 Å². The zero-order valence-electron chi connectivity index (χ0n) is 21.6. The van der Waals surface area contributed by atoms with Gasteiger partial charge in [0.2, 0.25) is 5.91 Å². The lowest BCUT2D eigenvalue weighted by molar-refractivity contribution is -0.116. The maximum Gasteiger partial charge on any atom is 0.226 e. The first-order valence-electron chi connectivity index (χ1n) is 12.6. The van der Waals surface area contributed by atoms with Crippen molar-refractivity contribution in [1.29, 1.82) is 0 Å². The topological polar surface area (TPSA) is 62.2 Å². The Morgan fingerprint density at radius 3 is 2.55 bits per heavy atom. The molecule has 8 heteroatoms. The van der Waals surface area contributed by atoms with Crippen LogP contribution < -0.4 is 10.6 Å². The SMILES string of the molecule is Cc1cccc(NC(=O)CCN2C(=S)N[C@H](c3ccccn3)[C@H]2c2cc(C)n(-c3ccc(F)cc3)c2C)c1. The molecule has 2 aromatic carbocycles. The highest BCUT2D eigenvalue weighted by molar-refractivity contribution is 7.80. The van der Waals surface area contributed by atoms with Gasteiger partial charge in [0.05, 0.1) is 17.8 Å². The largest absolute Gasteiger partial charge is 0.352 e. The van der Waals surface area contributed by atoms with E-state index >= 15 is 0 Å². The van der Waals surface area contributed by atoms with Gasteiger partial charge in [-0.2, -0.15) is 0 Å². The highest BCUT2D eigenvalue weighted by Gasteiger charge is 2.41. The summed E-state index contributed by atoms with van der Waals surface area (Å²) >= 11 is 5.79. The molecule has 1 aliphatic heterocycles. The number of carbonyl (C=O) groups is 1. The van der Waals surface area contributed by atoms with E-state index in [9.17, 15) is 9.18 Å². The highest BCUT2D eigenvalue weighted by atomic mass is 32.1. The summed E-state index contributed by atoms with van der Waals surface area (Å²) in [5.74, 6) is -0.345. The van der Waals surface area contributed by atoms with E-state index in [0.29, 0.717) is 11.7 Å². The number of nitrogens with zero attached hydrogens (tertiary/aromatic N) is 3. The van der Waals surface area contributed by atoms with Crippen LogP contribution in [0.2, 0.25) is 0 Å². The summed E-state index contributed by atoms with van der Waals surface area (Å²) in [6.45, 7) is 6.54. The number of hydrogen-bond donors (Lipinski definition) is 2. The van der Waals surface area contributed by atoms with Crippen LogP contribution in [0.4, 0.5) is 10.1 Å². The summed E-state index contributed by atoms with van der Waals surface area (Å²) < 4.78 is 15.7. The monoisotopic (exact) mass is 527 g/mol. The Morgan fingerprint density at radius 1 is 1.05 bits per heavy atom. The Hall–Kier alpha value is -4.04. The lowest BCUT2D eigenvalue weighted by atomic mass is 9.96. The van der Waals surface area contributed by atoms with Gasteiger partial charge < -0.3 is 20.1 Å². The molecule has 2 atom stereocenters. The number of aryl methyl sites for hydroxylation is 2. The smallest absolute Gasteiger partial charge is 0.226 e. The van der Waals surface area contributed by atoms with Crippen molar-refractivity contribution in [1.82, 2.24) is 19.8 Å². The molecule has 1 amide bonds. The van der Waals surface area contributed by atoms with Gasteiger partial charge in [-0.05, 0) is 98.7 Å². The third-order valence-electron chi connectivity index (χ3n) is 6.95. The second kappa shape index (κ2) is 10.8. The van der Waals surface area contributed by atoms with Crippen molar-refractivity contribution < 1.29 is 9.18 Å². The number of amides is 1. The van der Waals surface area contributed by atoms with Crippen molar-refractivity contribution in [3.05, 3.63) is 113 Å². The zero-order chi connectivity index (χ0) is 26.8. The number of hydrogen-bond acceptors (Lipinski definition) is 3. The molecule has 1 fully saturated rings. The van der Waals surface area contributed by atoms with E-state index in [-0.39, 0.29) is 30.2 Å². The van der Waals surface area contributed by atoms with Crippen LogP contribution >= 0.6 is 12.2 Å². The zero-order valence-corrected chi connectivity index (χ0v) is 22.4. The molecule has 2 N–H and O–H groups in total. The average molecular weight is 528 g/mol. The number of anilines is 1. The minimum Gasteiger partial charge on any atom is -0.352 e. The number of benzene rings is 2. The average Bonchev–Trinajstić information content (AvgIpc) is 3.38. The second-order valence-electron chi connectivity index (χ2n) is 9.63. The molecule has 194 valence electrons. The van der Waals surface area contributed by atoms with Crippen LogP contribution in [-0.2, 0) is 4.79 Å².